The number of benzene rings is 1. The molecule has 0 bridgehead atoms. The Hall–Kier alpha value is -1.71. The van der Waals surface area contributed by atoms with Gasteiger partial charge in [0.25, 0.3) is 0 Å². The van der Waals surface area contributed by atoms with Crippen LogP contribution in [0.2, 0.25) is 0 Å². The van der Waals surface area contributed by atoms with E-state index >= 15 is 0 Å². The topological polar surface area (TPSA) is 75.3 Å². The lowest BCUT2D eigenvalue weighted by Crippen LogP contribution is -2.19. The molecule has 0 aliphatic carbocycles. The van der Waals surface area contributed by atoms with Crippen LogP contribution >= 0.6 is 0 Å². The largest absolute Gasteiger partial charge is 0.478 e. The molecule has 0 fully saturated rings. The number of anilines is 2. The quantitative estimate of drug-likeness (QED) is 0.669. The van der Waals surface area contributed by atoms with E-state index in [0.29, 0.717) is 11.4 Å². The fourth-order valence-electron chi connectivity index (χ4n) is 1.58. The van der Waals surface area contributed by atoms with Gasteiger partial charge in [-0.3, -0.25) is 0 Å². The molecule has 0 spiro atoms. The van der Waals surface area contributed by atoms with Gasteiger partial charge in [-0.05, 0) is 31.0 Å². The average molecular weight is 222 g/mol. The number of nitrogens with one attached hydrogen (secondary N) is 1. The van der Waals surface area contributed by atoms with Gasteiger partial charge in [0.2, 0.25) is 0 Å². The predicted molar refractivity (Wildman–Crippen MR) is 65.8 cm³/mol. The van der Waals surface area contributed by atoms with Crippen molar-refractivity contribution in [3.05, 3.63) is 23.8 Å². The summed E-state index contributed by atoms with van der Waals surface area (Å²) in [6.07, 6.45) is 1.90. The van der Waals surface area contributed by atoms with Gasteiger partial charge in [0.1, 0.15) is 0 Å². The highest BCUT2D eigenvalue weighted by Gasteiger charge is 2.12. The van der Waals surface area contributed by atoms with E-state index in [2.05, 4.69) is 19.2 Å². The molecule has 0 saturated heterocycles. The standard InChI is InChI=1S/C12H18N2O2/c1-3-9(4-2)14-11-7-8(13)5-6-10(11)12(15)16/h5-7,9,14H,3-4,13H2,1-2H3,(H,15,16). The lowest BCUT2D eigenvalue weighted by atomic mass is 10.1. The number of carbonyl (C=O) groups is 1. The van der Waals surface area contributed by atoms with Crippen LogP contribution in [-0.4, -0.2) is 17.1 Å². The molecule has 0 unspecified atom stereocenters. The summed E-state index contributed by atoms with van der Waals surface area (Å²) in [5, 5.41) is 12.2. The summed E-state index contributed by atoms with van der Waals surface area (Å²) in [4.78, 5) is 11.0. The van der Waals surface area contributed by atoms with Crippen molar-refractivity contribution in [2.24, 2.45) is 0 Å². The molecule has 0 atom stereocenters. The minimum Gasteiger partial charge on any atom is -0.478 e. The zero-order valence-electron chi connectivity index (χ0n) is 9.66. The van der Waals surface area contributed by atoms with Crippen LogP contribution in [0.5, 0.6) is 0 Å². The van der Waals surface area contributed by atoms with Gasteiger partial charge < -0.3 is 16.2 Å². The van der Waals surface area contributed by atoms with Crippen molar-refractivity contribution in [2.45, 2.75) is 32.7 Å². The van der Waals surface area contributed by atoms with Crippen LogP contribution in [0.25, 0.3) is 0 Å². The summed E-state index contributed by atoms with van der Waals surface area (Å²) in [7, 11) is 0. The second kappa shape index (κ2) is 5.39. The molecule has 4 heteroatoms. The number of carboxylic acid groups (broad SMARTS) is 1. The summed E-state index contributed by atoms with van der Waals surface area (Å²) in [5.74, 6) is -0.937. The molecule has 0 radical (unpaired) electrons. The second-order valence-corrected chi connectivity index (χ2v) is 3.77. The number of carboxylic acids is 1. The summed E-state index contributed by atoms with van der Waals surface area (Å²) in [6.45, 7) is 4.13. The van der Waals surface area contributed by atoms with Crippen molar-refractivity contribution in [2.75, 3.05) is 11.1 Å². The molecule has 0 saturated carbocycles. The molecule has 1 aromatic carbocycles. The third-order valence-corrected chi connectivity index (χ3v) is 2.62. The van der Waals surface area contributed by atoms with E-state index in [0.717, 1.165) is 12.8 Å². The van der Waals surface area contributed by atoms with Gasteiger partial charge in [0, 0.05) is 11.7 Å². The van der Waals surface area contributed by atoms with Gasteiger partial charge in [-0.2, -0.15) is 0 Å². The molecule has 0 aliphatic rings. The van der Waals surface area contributed by atoms with Crippen molar-refractivity contribution in [3.8, 4) is 0 Å². The Morgan fingerprint density at radius 3 is 2.56 bits per heavy atom. The molecular weight excluding hydrogens is 204 g/mol. The Kier molecular flexibility index (Phi) is 4.17. The van der Waals surface area contributed by atoms with Gasteiger partial charge in [-0.15, -0.1) is 0 Å². The van der Waals surface area contributed by atoms with Crippen LogP contribution in [0, 0.1) is 0 Å². The smallest absolute Gasteiger partial charge is 0.337 e. The van der Waals surface area contributed by atoms with Crippen LogP contribution in [0.15, 0.2) is 18.2 Å². The van der Waals surface area contributed by atoms with E-state index in [-0.39, 0.29) is 11.6 Å². The van der Waals surface area contributed by atoms with Crippen molar-refractivity contribution in [1.29, 1.82) is 0 Å². The Morgan fingerprint density at radius 1 is 1.44 bits per heavy atom. The molecule has 1 rings (SSSR count). The Morgan fingerprint density at radius 2 is 2.06 bits per heavy atom. The normalized spacial score (nSPS) is 10.4. The van der Waals surface area contributed by atoms with E-state index in [4.69, 9.17) is 10.8 Å². The van der Waals surface area contributed by atoms with Crippen molar-refractivity contribution < 1.29 is 9.90 Å². The molecule has 1 aromatic rings. The first kappa shape index (κ1) is 12.4. The van der Waals surface area contributed by atoms with E-state index in [9.17, 15) is 4.79 Å². The molecule has 88 valence electrons. The lowest BCUT2D eigenvalue weighted by molar-refractivity contribution is 0.0698. The molecule has 0 aliphatic heterocycles. The first-order valence-corrected chi connectivity index (χ1v) is 5.47. The maximum atomic E-state index is 11.0. The van der Waals surface area contributed by atoms with E-state index in [1.54, 1.807) is 12.1 Å². The van der Waals surface area contributed by atoms with Crippen LogP contribution < -0.4 is 11.1 Å². The zero-order chi connectivity index (χ0) is 12.1. The van der Waals surface area contributed by atoms with E-state index in [1.807, 2.05) is 0 Å². The first-order valence-electron chi connectivity index (χ1n) is 5.47. The summed E-state index contributed by atoms with van der Waals surface area (Å²) in [6, 6.07) is 5.07. The zero-order valence-corrected chi connectivity index (χ0v) is 9.66. The fraction of sp³-hybridized carbons (Fsp3) is 0.417. The van der Waals surface area contributed by atoms with Crippen LogP contribution in [0.4, 0.5) is 11.4 Å². The maximum Gasteiger partial charge on any atom is 0.337 e. The third kappa shape index (κ3) is 2.89. The maximum absolute atomic E-state index is 11.0. The van der Waals surface area contributed by atoms with Crippen LogP contribution in [0.3, 0.4) is 0 Å². The SMILES string of the molecule is CCC(CC)Nc1cc(N)ccc1C(=O)O. The van der Waals surface area contributed by atoms with E-state index < -0.39 is 5.97 Å². The van der Waals surface area contributed by atoms with Crippen molar-refractivity contribution in [3.63, 3.8) is 0 Å². The van der Waals surface area contributed by atoms with Crippen molar-refractivity contribution in [1.82, 2.24) is 0 Å². The first-order chi connectivity index (χ1) is 7.58. The molecular formula is C12H18N2O2. The molecule has 0 heterocycles. The van der Waals surface area contributed by atoms with Gasteiger partial charge in [0.15, 0.2) is 0 Å². The monoisotopic (exact) mass is 222 g/mol. The number of hydrogen-bond donors (Lipinski definition) is 3. The number of nitrogens with two attached hydrogens (primary N) is 1. The Labute approximate surface area is 95.5 Å². The number of aromatic carboxylic acids is 1. The molecule has 4 N–H and O–H groups in total. The Balaban J connectivity index is 3.00. The number of hydrogen-bond acceptors (Lipinski definition) is 3. The summed E-state index contributed by atoms with van der Waals surface area (Å²) in [5.41, 5.74) is 7.08. The van der Waals surface area contributed by atoms with Gasteiger partial charge >= 0.3 is 5.97 Å². The fourth-order valence-corrected chi connectivity index (χ4v) is 1.58. The van der Waals surface area contributed by atoms with Crippen molar-refractivity contribution >= 4 is 17.3 Å². The predicted octanol–water partition coefficient (Wildman–Crippen LogP) is 2.57. The minimum atomic E-state index is -0.937. The minimum absolute atomic E-state index is 0.265. The number of rotatable bonds is 5. The van der Waals surface area contributed by atoms with E-state index in [1.165, 1.54) is 6.07 Å². The summed E-state index contributed by atoms with van der Waals surface area (Å²) >= 11 is 0. The average Bonchev–Trinajstić information content (AvgIpc) is 2.25. The highest BCUT2D eigenvalue weighted by atomic mass is 16.4. The highest BCUT2D eigenvalue weighted by molar-refractivity contribution is 5.95. The van der Waals surface area contributed by atoms with Gasteiger partial charge in [0.05, 0.1) is 11.3 Å². The summed E-state index contributed by atoms with van der Waals surface area (Å²) < 4.78 is 0. The van der Waals surface area contributed by atoms with Crippen LogP contribution in [-0.2, 0) is 0 Å². The number of nitrogen functional groups attached to an aromatic ring is 1. The highest BCUT2D eigenvalue weighted by Crippen LogP contribution is 2.21. The molecule has 0 aromatic heterocycles. The van der Waals surface area contributed by atoms with Gasteiger partial charge in [-0.1, -0.05) is 13.8 Å². The molecule has 16 heavy (non-hydrogen) atoms. The lowest BCUT2D eigenvalue weighted by Gasteiger charge is -2.18. The van der Waals surface area contributed by atoms with Crippen LogP contribution in [0.1, 0.15) is 37.0 Å². The second-order valence-electron chi connectivity index (χ2n) is 3.77. The van der Waals surface area contributed by atoms with Gasteiger partial charge in [-0.25, -0.2) is 4.79 Å². The Bertz CT molecular complexity index is 373. The third-order valence-electron chi connectivity index (χ3n) is 2.62. The molecule has 4 nitrogen and oxygen atoms in total. The molecule has 0 amide bonds.